The first-order chi connectivity index (χ1) is 23.2. The Morgan fingerprint density at radius 3 is 2.30 bits per heavy atom. The van der Waals surface area contributed by atoms with Crippen molar-refractivity contribution >= 4 is 47.0 Å². The van der Waals surface area contributed by atoms with Gasteiger partial charge < -0.3 is 24.8 Å². The van der Waals surface area contributed by atoms with Gasteiger partial charge in [-0.25, -0.2) is 15.2 Å². The second-order valence-electron chi connectivity index (χ2n) is 14.7. The predicted octanol–water partition coefficient (Wildman–Crippen LogP) is 4.53. The summed E-state index contributed by atoms with van der Waals surface area (Å²) in [7, 11) is 0. The number of alkyl carbamates (subject to hydrolysis) is 1. The van der Waals surface area contributed by atoms with Crippen molar-refractivity contribution in [3.05, 3.63) is 41.7 Å². The van der Waals surface area contributed by atoms with E-state index in [-0.39, 0.29) is 18.3 Å². The molecule has 14 heteroatoms. The van der Waals surface area contributed by atoms with Crippen LogP contribution in [-0.2, 0) is 33.4 Å². The molecule has 4 atom stereocenters. The van der Waals surface area contributed by atoms with Crippen molar-refractivity contribution in [3.8, 4) is 0 Å². The number of hydrogen-bond acceptors (Lipinski definition) is 11. The summed E-state index contributed by atoms with van der Waals surface area (Å²) < 4.78 is 16.4. The van der Waals surface area contributed by atoms with Crippen molar-refractivity contribution in [2.45, 2.75) is 124 Å². The van der Waals surface area contributed by atoms with E-state index < -0.39 is 59.3 Å². The molecule has 1 saturated heterocycles. The summed E-state index contributed by atoms with van der Waals surface area (Å²) in [6.07, 6.45) is 4.71. The van der Waals surface area contributed by atoms with Crippen LogP contribution in [0.2, 0.25) is 0 Å². The molecule has 1 aliphatic rings. The average molecular weight is 697 g/mol. The number of ether oxygens (including phenoxy) is 3. The third-order valence-electron chi connectivity index (χ3n) is 7.40. The Kier molecular flexibility index (Phi) is 13.5. The van der Waals surface area contributed by atoms with Crippen LogP contribution in [0.5, 0.6) is 0 Å². The minimum absolute atomic E-state index is 0.131. The Balaban J connectivity index is 1.59. The molecule has 0 spiro atoms. The lowest BCUT2D eigenvalue weighted by atomic mass is 10.0. The van der Waals surface area contributed by atoms with Crippen LogP contribution in [0.4, 0.5) is 4.79 Å². The molecule has 3 amide bonds. The van der Waals surface area contributed by atoms with Crippen molar-refractivity contribution in [3.63, 3.8) is 0 Å². The number of hydrazine groups is 1. The molecule has 2 heterocycles. The van der Waals surface area contributed by atoms with Crippen LogP contribution in [0.1, 0.15) is 106 Å². The van der Waals surface area contributed by atoms with Crippen LogP contribution >= 0.6 is 0 Å². The molecule has 2 aromatic rings. The van der Waals surface area contributed by atoms with Gasteiger partial charge in [-0.1, -0.05) is 32.1 Å². The largest absolute Gasteiger partial charge is 0.460 e. The molecule has 1 unspecified atom stereocenters. The first kappa shape index (κ1) is 39.8. The zero-order valence-electron chi connectivity index (χ0n) is 30.8. The number of carbonyl (C=O) groups is 5. The Morgan fingerprint density at radius 2 is 1.66 bits per heavy atom. The second-order valence-corrected chi connectivity index (χ2v) is 14.7. The monoisotopic (exact) mass is 696 g/mol. The molecular formula is C36H52N6O8. The molecule has 1 aromatic carbocycles. The van der Waals surface area contributed by atoms with Gasteiger partial charge in [0.2, 0.25) is 5.91 Å². The highest BCUT2D eigenvalue weighted by atomic mass is 16.6. The minimum Gasteiger partial charge on any atom is -0.460 e. The standard InChI is InChI=1S/C36H52N6O8/c1-21(2)30(40-34(47)50-36(8,9)10)31(44)38-22(3)32(45)42-18-12-14-26(41-42)33(46)48-23(4)28-20-37-25-17-16-24(19-27(25)39-28)13-11-15-29(43)49-35(5,6)7/h11,13,16-17,19-23,26,30,41H,12,14-15,18H2,1-10H3,(H,38,44)(H,40,47)/b13-11+/t22-,23?,26-,30-/m0/s1. The van der Waals surface area contributed by atoms with Gasteiger partial charge in [-0.15, -0.1) is 0 Å². The Hall–Kier alpha value is -4.59. The van der Waals surface area contributed by atoms with Crippen LogP contribution in [-0.4, -0.2) is 80.7 Å². The summed E-state index contributed by atoms with van der Waals surface area (Å²) in [5, 5.41) is 6.56. The number of carbonyl (C=O) groups excluding carboxylic acids is 5. The van der Waals surface area contributed by atoms with E-state index in [1.54, 1.807) is 59.9 Å². The van der Waals surface area contributed by atoms with Crippen molar-refractivity contribution in [1.29, 1.82) is 0 Å². The summed E-state index contributed by atoms with van der Waals surface area (Å²) in [5.41, 5.74) is 4.16. The highest BCUT2D eigenvalue weighted by Gasteiger charge is 2.34. The second kappa shape index (κ2) is 16.9. The number of nitrogens with one attached hydrogen (secondary N) is 3. The molecular weight excluding hydrogens is 644 g/mol. The predicted molar refractivity (Wildman–Crippen MR) is 187 cm³/mol. The molecule has 3 N–H and O–H groups in total. The van der Waals surface area contributed by atoms with Crippen LogP contribution in [0.25, 0.3) is 17.1 Å². The van der Waals surface area contributed by atoms with Gasteiger partial charge in [-0.3, -0.25) is 29.2 Å². The fraction of sp³-hybridized carbons (Fsp3) is 0.583. The molecule has 0 radical (unpaired) electrons. The number of rotatable bonds is 11. The quantitative estimate of drug-likeness (QED) is 0.222. The lowest BCUT2D eigenvalue weighted by Gasteiger charge is -2.35. The number of aromatic nitrogens is 2. The summed E-state index contributed by atoms with van der Waals surface area (Å²) >= 11 is 0. The molecule has 0 bridgehead atoms. The van der Waals surface area contributed by atoms with E-state index in [1.165, 1.54) is 11.9 Å². The van der Waals surface area contributed by atoms with E-state index in [9.17, 15) is 24.0 Å². The van der Waals surface area contributed by atoms with E-state index in [0.717, 1.165) is 5.56 Å². The Morgan fingerprint density at radius 1 is 0.980 bits per heavy atom. The van der Waals surface area contributed by atoms with Gasteiger partial charge in [0.25, 0.3) is 5.91 Å². The van der Waals surface area contributed by atoms with Crippen LogP contribution in [0.3, 0.4) is 0 Å². The molecule has 1 aliphatic heterocycles. The highest BCUT2D eigenvalue weighted by Crippen LogP contribution is 2.21. The Bertz CT molecular complexity index is 1580. The van der Waals surface area contributed by atoms with Gasteiger partial charge in [-0.05, 0) is 91.8 Å². The van der Waals surface area contributed by atoms with E-state index in [0.29, 0.717) is 36.1 Å². The van der Waals surface area contributed by atoms with Crippen LogP contribution in [0.15, 0.2) is 30.5 Å². The zero-order valence-corrected chi connectivity index (χ0v) is 30.8. The van der Waals surface area contributed by atoms with Crippen molar-refractivity contribution in [2.75, 3.05) is 6.54 Å². The minimum atomic E-state index is -0.949. The van der Waals surface area contributed by atoms with Gasteiger partial charge >= 0.3 is 18.0 Å². The van der Waals surface area contributed by atoms with E-state index in [2.05, 4.69) is 26.0 Å². The number of hydrogen-bond donors (Lipinski definition) is 3. The van der Waals surface area contributed by atoms with E-state index in [4.69, 9.17) is 14.2 Å². The third-order valence-corrected chi connectivity index (χ3v) is 7.40. The number of esters is 2. The van der Waals surface area contributed by atoms with E-state index in [1.807, 2.05) is 39.0 Å². The molecule has 1 aromatic heterocycles. The Labute approximate surface area is 294 Å². The topological polar surface area (TPSA) is 178 Å². The summed E-state index contributed by atoms with van der Waals surface area (Å²) in [6, 6.07) is 2.83. The fourth-order valence-corrected chi connectivity index (χ4v) is 5.02. The smallest absolute Gasteiger partial charge is 0.408 e. The lowest BCUT2D eigenvalue weighted by molar-refractivity contribution is -0.157. The fourth-order valence-electron chi connectivity index (χ4n) is 5.02. The van der Waals surface area contributed by atoms with Gasteiger partial charge in [0.1, 0.15) is 35.4 Å². The number of nitrogens with zero attached hydrogens (tertiary/aromatic N) is 3. The lowest BCUT2D eigenvalue weighted by Crippen LogP contribution is -2.61. The van der Waals surface area contributed by atoms with Crippen molar-refractivity contribution < 1.29 is 38.2 Å². The molecule has 0 aliphatic carbocycles. The third kappa shape index (κ3) is 12.4. The van der Waals surface area contributed by atoms with Gasteiger partial charge in [0.15, 0.2) is 0 Å². The normalized spacial score (nSPS) is 17.2. The number of amides is 3. The molecule has 1 fully saturated rings. The number of fused-ring (bicyclic) bond motifs is 1. The maximum Gasteiger partial charge on any atom is 0.408 e. The molecule has 0 saturated carbocycles. The van der Waals surface area contributed by atoms with Gasteiger partial charge in [0.05, 0.1) is 29.3 Å². The zero-order chi connectivity index (χ0) is 37.4. The van der Waals surface area contributed by atoms with Gasteiger partial charge in [-0.2, -0.15) is 0 Å². The first-order valence-corrected chi connectivity index (χ1v) is 17.0. The van der Waals surface area contributed by atoms with Crippen molar-refractivity contribution in [1.82, 2.24) is 31.0 Å². The average Bonchev–Trinajstić information content (AvgIpc) is 3.01. The van der Waals surface area contributed by atoms with Crippen LogP contribution < -0.4 is 16.1 Å². The highest BCUT2D eigenvalue weighted by molar-refractivity contribution is 5.91. The molecule has 274 valence electrons. The SMILES string of the molecule is CC(OC(=O)[C@@H]1CCCN(C(=O)[C@H](C)NC(=O)[C@@H](NC(=O)OC(C)(C)C)C(C)C)N1)c1cnc2ccc(/C=C/CC(=O)OC(C)(C)C)cc2n1. The molecule has 14 nitrogen and oxygen atoms in total. The van der Waals surface area contributed by atoms with E-state index >= 15 is 0 Å². The van der Waals surface area contributed by atoms with Crippen molar-refractivity contribution in [2.24, 2.45) is 5.92 Å². The maximum atomic E-state index is 13.3. The summed E-state index contributed by atoms with van der Waals surface area (Å²) in [4.78, 5) is 73.0. The maximum absolute atomic E-state index is 13.3. The number of benzene rings is 1. The summed E-state index contributed by atoms with van der Waals surface area (Å²) in [6.45, 7) is 17.7. The summed E-state index contributed by atoms with van der Waals surface area (Å²) in [5.74, 6) is -2.14. The van der Waals surface area contributed by atoms with Crippen LogP contribution in [0, 0.1) is 5.92 Å². The molecule has 50 heavy (non-hydrogen) atoms. The van der Waals surface area contributed by atoms with Gasteiger partial charge in [0, 0.05) is 6.54 Å². The molecule has 3 rings (SSSR count). The first-order valence-electron chi connectivity index (χ1n) is 17.0.